The molecule has 1 aromatic carbocycles. The van der Waals surface area contributed by atoms with Crippen molar-refractivity contribution >= 4 is 17.0 Å². The van der Waals surface area contributed by atoms with Crippen LogP contribution in [0.1, 0.15) is 17.8 Å². The van der Waals surface area contributed by atoms with Gasteiger partial charge in [-0.05, 0) is 31.9 Å². The smallest absolute Gasteiger partial charge is 0.0901 e. The van der Waals surface area contributed by atoms with Crippen molar-refractivity contribution in [2.24, 2.45) is 0 Å². The van der Waals surface area contributed by atoms with E-state index in [0.717, 1.165) is 10.7 Å². The number of thiazole rings is 1. The number of nitrogens with one attached hydrogen (secondary N) is 1. The first-order valence-corrected chi connectivity index (χ1v) is 6.48. The first-order chi connectivity index (χ1) is 7.81. The fourth-order valence-electron chi connectivity index (χ4n) is 1.73. The summed E-state index contributed by atoms with van der Waals surface area (Å²) in [7, 11) is 0. The Labute approximate surface area is 99.4 Å². The first-order valence-electron chi connectivity index (χ1n) is 5.60. The van der Waals surface area contributed by atoms with E-state index in [-0.39, 0.29) is 0 Å². The van der Waals surface area contributed by atoms with E-state index >= 15 is 0 Å². The van der Waals surface area contributed by atoms with Crippen LogP contribution in [0.2, 0.25) is 0 Å². The van der Waals surface area contributed by atoms with Gasteiger partial charge in [0.25, 0.3) is 0 Å². The number of aryl methyl sites for hydroxylation is 1. The van der Waals surface area contributed by atoms with Gasteiger partial charge in [0.1, 0.15) is 0 Å². The average Bonchev–Trinajstić information content (AvgIpc) is 2.98. The quantitative estimate of drug-likeness (QED) is 0.869. The second-order valence-corrected chi connectivity index (χ2v) is 5.31. The van der Waals surface area contributed by atoms with E-state index in [2.05, 4.69) is 39.9 Å². The van der Waals surface area contributed by atoms with Gasteiger partial charge in [0, 0.05) is 22.7 Å². The van der Waals surface area contributed by atoms with Crippen molar-refractivity contribution in [1.29, 1.82) is 0 Å². The lowest BCUT2D eigenvalue weighted by molar-refractivity contribution is 1.16. The molecule has 1 aliphatic rings. The number of anilines is 1. The van der Waals surface area contributed by atoms with Gasteiger partial charge in [-0.2, -0.15) is 0 Å². The third-order valence-corrected chi connectivity index (χ3v) is 3.50. The minimum absolute atomic E-state index is 0.701. The van der Waals surface area contributed by atoms with Crippen molar-refractivity contribution in [2.75, 3.05) is 5.32 Å². The largest absolute Gasteiger partial charge is 0.382 e. The Morgan fingerprint density at radius 2 is 2.25 bits per heavy atom. The Morgan fingerprint density at radius 3 is 2.94 bits per heavy atom. The third-order valence-electron chi connectivity index (χ3n) is 2.73. The van der Waals surface area contributed by atoms with Crippen molar-refractivity contribution in [3.05, 3.63) is 34.7 Å². The Bertz CT molecular complexity index is 500. The molecule has 0 radical (unpaired) electrons. The highest BCUT2D eigenvalue weighted by Gasteiger charge is 2.20. The molecule has 1 aliphatic carbocycles. The summed E-state index contributed by atoms with van der Waals surface area (Å²) >= 11 is 1.70. The normalized spacial score (nSPS) is 15.1. The summed E-state index contributed by atoms with van der Waals surface area (Å²) in [6.07, 6.45) is 2.61. The molecule has 0 unspecified atom stereocenters. The predicted octanol–water partition coefficient (Wildman–Crippen LogP) is 3.69. The molecule has 1 aromatic heterocycles. The van der Waals surface area contributed by atoms with Gasteiger partial charge in [0.05, 0.1) is 10.7 Å². The van der Waals surface area contributed by atoms with Gasteiger partial charge in [-0.1, -0.05) is 12.1 Å². The number of hydrogen-bond acceptors (Lipinski definition) is 3. The summed E-state index contributed by atoms with van der Waals surface area (Å²) in [5.74, 6) is 0. The highest BCUT2D eigenvalue weighted by atomic mass is 32.1. The van der Waals surface area contributed by atoms with Gasteiger partial charge < -0.3 is 5.32 Å². The number of benzene rings is 1. The maximum Gasteiger partial charge on any atom is 0.0901 e. The summed E-state index contributed by atoms with van der Waals surface area (Å²) in [6.45, 7) is 2.04. The highest BCUT2D eigenvalue weighted by Crippen LogP contribution is 2.28. The molecule has 2 nitrogen and oxygen atoms in total. The zero-order chi connectivity index (χ0) is 11.0. The van der Waals surface area contributed by atoms with Gasteiger partial charge >= 0.3 is 0 Å². The SMILES string of the molecule is Cc1nc(-c2cccc(NC3CC3)c2)cs1. The molecule has 0 atom stereocenters. The summed E-state index contributed by atoms with van der Waals surface area (Å²) in [5, 5.41) is 6.75. The summed E-state index contributed by atoms with van der Waals surface area (Å²) in [6, 6.07) is 9.22. The molecule has 0 amide bonds. The van der Waals surface area contributed by atoms with Gasteiger partial charge in [-0.15, -0.1) is 11.3 Å². The second kappa shape index (κ2) is 3.91. The zero-order valence-electron chi connectivity index (χ0n) is 9.23. The van der Waals surface area contributed by atoms with Crippen molar-refractivity contribution in [1.82, 2.24) is 4.98 Å². The first kappa shape index (κ1) is 9.85. The lowest BCUT2D eigenvalue weighted by Gasteiger charge is -2.05. The molecule has 1 saturated carbocycles. The van der Waals surface area contributed by atoms with Crippen LogP contribution in [-0.4, -0.2) is 11.0 Å². The highest BCUT2D eigenvalue weighted by molar-refractivity contribution is 7.09. The fraction of sp³-hybridized carbons (Fsp3) is 0.308. The maximum atomic E-state index is 4.51. The Morgan fingerprint density at radius 1 is 1.38 bits per heavy atom. The summed E-state index contributed by atoms with van der Waals surface area (Å²) in [5.41, 5.74) is 3.50. The van der Waals surface area contributed by atoms with Crippen molar-refractivity contribution in [3.63, 3.8) is 0 Å². The van der Waals surface area contributed by atoms with E-state index in [9.17, 15) is 0 Å². The molecule has 3 rings (SSSR count). The summed E-state index contributed by atoms with van der Waals surface area (Å²) in [4.78, 5) is 4.51. The van der Waals surface area contributed by atoms with E-state index in [4.69, 9.17) is 0 Å². The van der Waals surface area contributed by atoms with E-state index in [0.29, 0.717) is 6.04 Å². The molecule has 1 heterocycles. The van der Waals surface area contributed by atoms with E-state index < -0.39 is 0 Å². The molecule has 3 heteroatoms. The van der Waals surface area contributed by atoms with Gasteiger partial charge in [-0.3, -0.25) is 0 Å². The number of nitrogens with zero attached hydrogens (tertiary/aromatic N) is 1. The molecule has 16 heavy (non-hydrogen) atoms. The van der Waals surface area contributed by atoms with Crippen molar-refractivity contribution in [2.45, 2.75) is 25.8 Å². The van der Waals surface area contributed by atoms with Crippen molar-refractivity contribution in [3.8, 4) is 11.3 Å². The molecule has 0 bridgehead atoms. The van der Waals surface area contributed by atoms with Gasteiger partial charge in [0.2, 0.25) is 0 Å². The Hall–Kier alpha value is -1.35. The zero-order valence-corrected chi connectivity index (χ0v) is 10.1. The van der Waals surface area contributed by atoms with Crippen LogP contribution in [0.5, 0.6) is 0 Å². The molecule has 1 N–H and O–H groups in total. The fourth-order valence-corrected chi connectivity index (χ4v) is 2.35. The Kier molecular flexibility index (Phi) is 2.40. The minimum Gasteiger partial charge on any atom is -0.382 e. The number of hydrogen-bond donors (Lipinski definition) is 1. The number of rotatable bonds is 3. The van der Waals surface area contributed by atoms with Crippen LogP contribution in [0, 0.1) is 6.92 Å². The van der Waals surface area contributed by atoms with Gasteiger partial charge in [-0.25, -0.2) is 4.98 Å². The van der Waals surface area contributed by atoms with Crippen LogP contribution in [0.25, 0.3) is 11.3 Å². The van der Waals surface area contributed by atoms with E-state index in [1.807, 2.05) is 6.92 Å². The molecule has 1 fully saturated rings. The molecule has 0 aliphatic heterocycles. The topological polar surface area (TPSA) is 24.9 Å². The lowest BCUT2D eigenvalue weighted by Crippen LogP contribution is -2.00. The Balaban J connectivity index is 1.88. The number of aromatic nitrogens is 1. The predicted molar refractivity (Wildman–Crippen MR) is 68.9 cm³/mol. The monoisotopic (exact) mass is 230 g/mol. The third kappa shape index (κ3) is 2.09. The lowest BCUT2D eigenvalue weighted by atomic mass is 10.1. The molecule has 82 valence electrons. The maximum absolute atomic E-state index is 4.51. The molecule has 2 aromatic rings. The average molecular weight is 230 g/mol. The van der Waals surface area contributed by atoms with Crippen molar-refractivity contribution < 1.29 is 0 Å². The van der Waals surface area contributed by atoms with Crippen LogP contribution in [0.3, 0.4) is 0 Å². The minimum atomic E-state index is 0.701. The van der Waals surface area contributed by atoms with Crippen LogP contribution in [-0.2, 0) is 0 Å². The van der Waals surface area contributed by atoms with Crippen LogP contribution in [0.15, 0.2) is 29.6 Å². The second-order valence-electron chi connectivity index (χ2n) is 4.25. The molecule has 0 spiro atoms. The molecular weight excluding hydrogens is 216 g/mol. The van der Waals surface area contributed by atoms with Gasteiger partial charge in [0.15, 0.2) is 0 Å². The van der Waals surface area contributed by atoms with Crippen LogP contribution < -0.4 is 5.32 Å². The molecular formula is C13H14N2S. The van der Waals surface area contributed by atoms with E-state index in [1.165, 1.54) is 24.1 Å². The van der Waals surface area contributed by atoms with Crippen LogP contribution >= 0.6 is 11.3 Å². The summed E-state index contributed by atoms with van der Waals surface area (Å²) < 4.78 is 0. The standard InChI is InChI=1S/C13H14N2S/c1-9-14-13(8-16-9)10-3-2-4-12(7-10)15-11-5-6-11/h2-4,7-8,11,15H,5-6H2,1H3. The van der Waals surface area contributed by atoms with Crippen LogP contribution in [0.4, 0.5) is 5.69 Å². The van der Waals surface area contributed by atoms with E-state index in [1.54, 1.807) is 11.3 Å². The molecule has 0 saturated heterocycles.